The van der Waals surface area contributed by atoms with E-state index in [0.29, 0.717) is 5.88 Å². The summed E-state index contributed by atoms with van der Waals surface area (Å²) in [5.41, 5.74) is 0. The van der Waals surface area contributed by atoms with Crippen LogP contribution < -0.4 is 0 Å². The van der Waals surface area contributed by atoms with E-state index < -0.39 is 11.1 Å². The summed E-state index contributed by atoms with van der Waals surface area (Å²) in [7, 11) is 0. The highest BCUT2D eigenvalue weighted by Gasteiger charge is 1.99. The van der Waals surface area contributed by atoms with Crippen LogP contribution >= 0.6 is 11.6 Å². The molecule has 4 heteroatoms. The van der Waals surface area contributed by atoms with Gasteiger partial charge in [-0.25, -0.2) is 0 Å². The number of halogens is 1. The first-order chi connectivity index (χ1) is 4.16. The van der Waals surface area contributed by atoms with Crippen molar-refractivity contribution in [2.75, 3.05) is 11.6 Å². The monoisotopic (exact) mass is 169 g/mol. The Bertz CT molecular complexity index is 97.0. The van der Waals surface area contributed by atoms with Gasteiger partial charge in [0.05, 0.1) is 0 Å². The van der Waals surface area contributed by atoms with Crippen LogP contribution in [-0.2, 0) is 11.1 Å². The highest BCUT2D eigenvalue weighted by atomic mass is 35.5. The molecule has 0 radical (unpaired) electrons. The van der Waals surface area contributed by atoms with Gasteiger partial charge in [0.25, 0.3) is 0 Å². The molecule has 0 saturated heterocycles. The van der Waals surface area contributed by atoms with E-state index in [1.54, 1.807) is 0 Å². The van der Waals surface area contributed by atoms with Gasteiger partial charge in [0, 0.05) is 11.6 Å². The highest BCUT2D eigenvalue weighted by Crippen LogP contribution is 2.03. The molecule has 0 aromatic carbocycles. The number of rotatable bonds is 4. The Labute approximate surface area is 62.9 Å². The predicted molar refractivity (Wildman–Crippen MR) is 38.3 cm³/mol. The lowest BCUT2D eigenvalue weighted by Crippen LogP contribution is -2.07. The number of alkyl halides is 1. The van der Waals surface area contributed by atoms with Crippen molar-refractivity contribution >= 4 is 22.7 Å². The van der Waals surface area contributed by atoms with Crippen molar-refractivity contribution in [3.63, 3.8) is 0 Å². The lowest BCUT2D eigenvalue weighted by atomic mass is 10.2. The van der Waals surface area contributed by atoms with Crippen molar-refractivity contribution in [3.8, 4) is 0 Å². The third-order valence-corrected chi connectivity index (χ3v) is 2.08. The Morgan fingerprint density at radius 1 is 1.78 bits per heavy atom. The highest BCUT2D eigenvalue weighted by molar-refractivity contribution is 7.79. The van der Waals surface area contributed by atoms with Crippen molar-refractivity contribution in [2.24, 2.45) is 5.92 Å². The summed E-state index contributed by atoms with van der Waals surface area (Å²) >= 11 is 3.47. The van der Waals surface area contributed by atoms with E-state index in [4.69, 9.17) is 11.6 Å². The molecule has 0 aromatic heterocycles. The second kappa shape index (κ2) is 5.21. The van der Waals surface area contributed by atoms with Crippen LogP contribution in [0.4, 0.5) is 0 Å². The smallest absolute Gasteiger partial charge is 0.0226 e. The lowest BCUT2D eigenvalue weighted by molar-refractivity contribution is 0.517. The van der Waals surface area contributed by atoms with E-state index in [2.05, 4.69) is 0 Å². The zero-order valence-corrected chi connectivity index (χ0v) is 6.87. The number of hydrogen-bond acceptors (Lipinski definition) is 2. The van der Waals surface area contributed by atoms with Gasteiger partial charge in [-0.3, -0.25) is 4.21 Å². The van der Waals surface area contributed by atoms with Crippen molar-refractivity contribution in [1.29, 1.82) is 0 Å². The van der Waals surface area contributed by atoms with E-state index in [-0.39, 0.29) is 11.7 Å². The van der Waals surface area contributed by atoms with E-state index in [1.807, 2.05) is 6.92 Å². The Balaban J connectivity index is 3.26. The molecule has 0 bridgehead atoms. The van der Waals surface area contributed by atoms with Gasteiger partial charge in [0.15, 0.2) is 0 Å². The standard InChI is InChI=1S/C5H11ClO2S/c1-5(2-3-6)4-9(7)8/h5H,2-4H2,1H3,(H,7,8)/p-1. The van der Waals surface area contributed by atoms with Crippen LogP contribution in [0.5, 0.6) is 0 Å². The Morgan fingerprint density at radius 2 is 2.33 bits per heavy atom. The molecule has 9 heavy (non-hydrogen) atoms. The zero-order valence-electron chi connectivity index (χ0n) is 5.30. The second-order valence-corrected chi connectivity index (χ2v) is 3.37. The molecule has 0 N–H and O–H groups in total. The zero-order chi connectivity index (χ0) is 7.28. The van der Waals surface area contributed by atoms with Gasteiger partial charge in [-0.15, -0.1) is 11.6 Å². The lowest BCUT2D eigenvalue weighted by Gasteiger charge is -2.10. The average Bonchev–Trinajstić information content (AvgIpc) is 1.63. The first-order valence-electron chi connectivity index (χ1n) is 2.78. The van der Waals surface area contributed by atoms with Gasteiger partial charge in [-0.05, 0) is 12.3 Å². The van der Waals surface area contributed by atoms with Crippen LogP contribution in [0, 0.1) is 5.92 Å². The van der Waals surface area contributed by atoms with Crippen LogP contribution in [-0.4, -0.2) is 20.4 Å². The molecule has 0 saturated carbocycles. The summed E-state index contributed by atoms with van der Waals surface area (Å²) in [5, 5.41) is 0. The van der Waals surface area contributed by atoms with Crippen molar-refractivity contribution in [1.82, 2.24) is 0 Å². The fraction of sp³-hybridized carbons (Fsp3) is 1.00. The Hall–Kier alpha value is 0.400. The fourth-order valence-electron chi connectivity index (χ4n) is 0.502. The van der Waals surface area contributed by atoms with E-state index in [9.17, 15) is 8.76 Å². The fourth-order valence-corrected chi connectivity index (χ4v) is 1.51. The average molecular weight is 170 g/mol. The van der Waals surface area contributed by atoms with Crippen LogP contribution in [0.25, 0.3) is 0 Å². The molecule has 0 heterocycles. The summed E-state index contributed by atoms with van der Waals surface area (Å²) in [4.78, 5) is 0. The molecular weight excluding hydrogens is 160 g/mol. The van der Waals surface area contributed by atoms with E-state index >= 15 is 0 Å². The van der Waals surface area contributed by atoms with Gasteiger partial charge < -0.3 is 4.55 Å². The molecule has 0 amide bonds. The maximum atomic E-state index is 10.0. The van der Waals surface area contributed by atoms with Gasteiger partial charge in [-0.2, -0.15) is 0 Å². The minimum Gasteiger partial charge on any atom is -0.772 e. The van der Waals surface area contributed by atoms with Crippen LogP contribution in [0.1, 0.15) is 13.3 Å². The van der Waals surface area contributed by atoms with Crippen molar-refractivity contribution < 1.29 is 8.76 Å². The molecule has 0 aliphatic carbocycles. The molecule has 0 aliphatic rings. The van der Waals surface area contributed by atoms with Gasteiger partial charge >= 0.3 is 0 Å². The van der Waals surface area contributed by atoms with Crippen molar-refractivity contribution in [3.05, 3.63) is 0 Å². The summed E-state index contributed by atoms with van der Waals surface area (Å²) in [6, 6.07) is 0. The molecule has 56 valence electrons. The molecular formula is C5H10ClO2S-. The van der Waals surface area contributed by atoms with Gasteiger partial charge in [-0.1, -0.05) is 18.0 Å². The van der Waals surface area contributed by atoms with Crippen LogP contribution in [0.3, 0.4) is 0 Å². The normalized spacial score (nSPS) is 17.2. The number of hydrogen-bond donors (Lipinski definition) is 0. The van der Waals surface area contributed by atoms with Gasteiger partial charge in [0.1, 0.15) is 0 Å². The SMILES string of the molecule is CC(CCCl)CS(=O)[O-]. The first-order valence-corrected chi connectivity index (χ1v) is 4.56. The molecule has 0 spiro atoms. The Morgan fingerprint density at radius 3 is 2.67 bits per heavy atom. The maximum absolute atomic E-state index is 10.0. The quantitative estimate of drug-likeness (QED) is 0.468. The van der Waals surface area contributed by atoms with E-state index in [0.717, 1.165) is 6.42 Å². The summed E-state index contributed by atoms with van der Waals surface area (Å²) in [6.07, 6.45) is 0.773. The third-order valence-electron chi connectivity index (χ3n) is 1.02. The molecule has 0 aromatic rings. The minimum absolute atomic E-state index is 0.195. The summed E-state index contributed by atoms with van der Waals surface area (Å²) < 4.78 is 20.1. The molecule has 2 atom stereocenters. The van der Waals surface area contributed by atoms with Crippen LogP contribution in [0.15, 0.2) is 0 Å². The predicted octanol–water partition coefficient (Wildman–Crippen LogP) is 1.13. The minimum atomic E-state index is -1.91. The molecule has 0 rings (SSSR count). The first kappa shape index (κ1) is 9.40. The topological polar surface area (TPSA) is 40.1 Å². The van der Waals surface area contributed by atoms with Crippen LogP contribution in [0.2, 0.25) is 0 Å². The summed E-state index contributed by atoms with van der Waals surface area (Å²) in [6.45, 7) is 1.87. The third kappa shape index (κ3) is 6.28. The molecule has 0 aliphatic heterocycles. The largest absolute Gasteiger partial charge is 0.772 e. The molecule has 2 nitrogen and oxygen atoms in total. The maximum Gasteiger partial charge on any atom is 0.0226 e. The molecule has 2 unspecified atom stereocenters. The second-order valence-electron chi connectivity index (χ2n) is 2.05. The Kier molecular flexibility index (Phi) is 5.44. The summed E-state index contributed by atoms with van der Waals surface area (Å²) in [5.74, 6) is 0.964. The van der Waals surface area contributed by atoms with E-state index in [1.165, 1.54) is 0 Å². The molecule has 0 fully saturated rings. The van der Waals surface area contributed by atoms with Crippen molar-refractivity contribution in [2.45, 2.75) is 13.3 Å². The van der Waals surface area contributed by atoms with Gasteiger partial charge in [0.2, 0.25) is 0 Å².